The number of rotatable bonds is 1. The molecule has 102 valence electrons. The van der Waals surface area contributed by atoms with Crippen LogP contribution in [0.3, 0.4) is 0 Å². The third-order valence-corrected chi connectivity index (χ3v) is 4.43. The Morgan fingerprint density at radius 2 is 1.89 bits per heavy atom. The minimum atomic E-state index is 0.463. The monoisotopic (exact) mass is 277 g/mol. The van der Waals surface area contributed by atoms with Gasteiger partial charge < -0.3 is 10.3 Å². The van der Waals surface area contributed by atoms with E-state index in [0.29, 0.717) is 17.0 Å². The number of imidazole rings is 1. The Labute approximate surface area is 118 Å². The SMILES string of the molecule is CC1CC(C)CC(n2c(N)nc3cc(Cl)ccc32)C1. The van der Waals surface area contributed by atoms with Crippen LogP contribution in [0.4, 0.5) is 5.95 Å². The van der Waals surface area contributed by atoms with E-state index in [1.807, 2.05) is 18.2 Å². The van der Waals surface area contributed by atoms with Crippen molar-refractivity contribution in [2.24, 2.45) is 11.8 Å². The average Bonchev–Trinajstić information content (AvgIpc) is 2.62. The first kappa shape index (κ1) is 12.8. The highest BCUT2D eigenvalue weighted by Crippen LogP contribution is 2.39. The Bertz CT molecular complexity index is 595. The second-order valence-corrected chi connectivity index (χ2v) is 6.48. The summed E-state index contributed by atoms with van der Waals surface area (Å²) in [6, 6.07) is 6.30. The number of anilines is 1. The molecule has 1 saturated carbocycles. The predicted molar refractivity (Wildman–Crippen MR) is 80.4 cm³/mol. The van der Waals surface area contributed by atoms with E-state index in [0.717, 1.165) is 22.9 Å². The highest BCUT2D eigenvalue weighted by molar-refractivity contribution is 6.31. The molecule has 4 heteroatoms. The molecule has 1 heterocycles. The van der Waals surface area contributed by atoms with Crippen LogP contribution in [0.1, 0.15) is 39.2 Å². The van der Waals surface area contributed by atoms with Gasteiger partial charge in [0.05, 0.1) is 11.0 Å². The lowest BCUT2D eigenvalue weighted by Crippen LogP contribution is -2.23. The molecule has 3 nitrogen and oxygen atoms in total. The van der Waals surface area contributed by atoms with Gasteiger partial charge in [-0.25, -0.2) is 4.98 Å². The van der Waals surface area contributed by atoms with Crippen molar-refractivity contribution < 1.29 is 0 Å². The smallest absolute Gasteiger partial charge is 0.201 e. The maximum absolute atomic E-state index is 6.13. The van der Waals surface area contributed by atoms with Gasteiger partial charge in [0.1, 0.15) is 0 Å². The van der Waals surface area contributed by atoms with Gasteiger partial charge in [-0.15, -0.1) is 0 Å². The third-order valence-electron chi connectivity index (χ3n) is 4.20. The van der Waals surface area contributed by atoms with E-state index in [1.165, 1.54) is 19.3 Å². The van der Waals surface area contributed by atoms with Crippen LogP contribution < -0.4 is 5.73 Å². The molecule has 1 aromatic carbocycles. The van der Waals surface area contributed by atoms with E-state index in [-0.39, 0.29) is 0 Å². The van der Waals surface area contributed by atoms with E-state index < -0.39 is 0 Å². The summed E-state index contributed by atoms with van der Waals surface area (Å²) in [4.78, 5) is 4.46. The van der Waals surface area contributed by atoms with Crippen LogP contribution in [0.15, 0.2) is 18.2 Å². The Balaban J connectivity index is 2.06. The van der Waals surface area contributed by atoms with Crippen LogP contribution in [0.25, 0.3) is 11.0 Å². The van der Waals surface area contributed by atoms with Gasteiger partial charge in [-0.05, 0) is 49.3 Å². The van der Waals surface area contributed by atoms with E-state index in [4.69, 9.17) is 17.3 Å². The van der Waals surface area contributed by atoms with Gasteiger partial charge in [0, 0.05) is 11.1 Å². The molecule has 19 heavy (non-hydrogen) atoms. The molecule has 2 unspecified atom stereocenters. The first-order valence-corrected chi connectivity index (χ1v) is 7.35. The highest BCUT2D eigenvalue weighted by Gasteiger charge is 2.27. The van der Waals surface area contributed by atoms with Crippen molar-refractivity contribution >= 4 is 28.6 Å². The van der Waals surface area contributed by atoms with Crippen LogP contribution in [0, 0.1) is 11.8 Å². The summed E-state index contributed by atoms with van der Waals surface area (Å²) < 4.78 is 2.21. The molecule has 1 aliphatic rings. The first-order valence-electron chi connectivity index (χ1n) is 6.97. The van der Waals surface area contributed by atoms with E-state index in [1.54, 1.807) is 0 Å². The van der Waals surface area contributed by atoms with Crippen LogP contribution in [-0.2, 0) is 0 Å². The van der Waals surface area contributed by atoms with Crippen molar-refractivity contribution in [1.29, 1.82) is 0 Å². The quantitative estimate of drug-likeness (QED) is 0.846. The van der Waals surface area contributed by atoms with Crippen molar-refractivity contribution in [2.45, 2.75) is 39.2 Å². The molecule has 0 aliphatic heterocycles. The Morgan fingerprint density at radius 3 is 2.58 bits per heavy atom. The molecule has 0 radical (unpaired) electrons. The van der Waals surface area contributed by atoms with Crippen LogP contribution in [0.2, 0.25) is 5.02 Å². The molecule has 0 amide bonds. The number of nitrogens with two attached hydrogens (primary N) is 1. The van der Waals surface area contributed by atoms with Crippen LogP contribution >= 0.6 is 11.6 Å². The van der Waals surface area contributed by atoms with Crippen molar-refractivity contribution in [2.75, 3.05) is 5.73 Å². The summed E-state index contributed by atoms with van der Waals surface area (Å²) in [6.07, 6.45) is 3.68. The molecule has 2 atom stereocenters. The minimum absolute atomic E-state index is 0.463. The fraction of sp³-hybridized carbons (Fsp3) is 0.533. The minimum Gasteiger partial charge on any atom is -0.369 e. The Morgan fingerprint density at radius 1 is 1.21 bits per heavy atom. The summed E-state index contributed by atoms with van der Waals surface area (Å²) in [5.41, 5.74) is 8.14. The van der Waals surface area contributed by atoms with Crippen LogP contribution in [-0.4, -0.2) is 9.55 Å². The van der Waals surface area contributed by atoms with Gasteiger partial charge in [0.25, 0.3) is 0 Å². The zero-order chi connectivity index (χ0) is 13.6. The third kappa shape index (κ3) is 2.32. The fourth-order valence-corrected chi connectivity index (χ4v) is 3.76. The lowest BCUT2D eigenvalue weighted by molar-refractivity contribution is 0.226. The molecule has 0 spiro atoms. The molecule has 2 aromatic rings. The molecule has 2 N–H and O–H groups in total. The lowest BCUT2D eigenvalue weighted by Gasteiger charge is -2.33. The van der Waals surface area contributed by atoms with Crippen molar-refractivity contribution in [3.8, 4) is 0 Å². The summed E-state index contributed by atoms with van der Waals surface area (Å²) in [5.74, 6) is 2.11. The highest BCUT2D eigenvalue weighted by atomic mass is 35.5. The number of halogens is 1. The second-order valence-electron chi connectivity index (χ2n) is 6.04. The summed E-state index contributed by atoms with van der Waals surface area (Å²) >= 11 is 6.02. The average molecular weight is 278 g/mol. The molecular formula is C15H20ClN3. The van der Waals surface area contributed by atoms with Crippen molar-refractivity contribution in [3.05, 3.63) is 23.2 Å². The molecule has 1 aromatic heterocycles. The maximum Gasteiger partial charge on any atom is 0.201 e. The van der Waals surface area contributed by atoms with Crippen LogP contribution in [0.5, 0.6) is 0 Å². The standard InChI is InChI=1S/C15H20ClN3/c1-9-5-10(2)7-12(6-9)19-14-4-3-11(16)8-13(14)18-15(19)17/h3-4,8-10,12H,5-7H2,1-2H3,(H2,17,18). The van der Waals surface area contributed by atoms with Gasteiger partial charge >= 0.3 is 0 Å². The number of aromatic nitrogens is 2. The number of hydrogen-bond acceptors (Lipinski definition) is 2. The molecule has 0 bridgehead atoms. The van der Waals surface area contributed by atoms with E-state index in [2.05, 4.69) is 23.4 Å². The van der Waals surface area contributed by atoms with Gasteiger partial charge in [-0.3, -0.25) is 0 Å². The Kier molecular flexibility index (Phi) is 3.17. The van der Waals surface area contributed by atoms with E-state index in [9.17, 15) is 0 Å². The zero-order valence-electron chi connectivity index (χ0n) is 11.4. The largest absolute Gasteiger partial charge is 0.369 e. The number of nitrogen functional groups attached to an aromatic ring is 1. The maximum atomic E-state index is 6.13. The summed E-state index contributed by atoms with van der Waals surface area (Å²) in [6.45, 7) is 4.66. The lowest BCUT2D eigenvalue weighted by atomic mass is 9.80. The first-order chi connectivity index (χ1) is 9.04. The second kappa shape index (κ2) is 4.71. The molecule has 1 aliphatic carbocycles. The van der Waals surface area contributed by atoms with Gasteiger partial charge in [0.2, 0.25) is 5.95 Å². The fourth-order valence-electron chi connectivity index (χ4n) is 3.59. The molecular weight excluding hydrogens is 258 g/mol. The van der Waals surface area contributed by atoms with E-state index >= 15 is 0 Å². The molecule has 3 rings (SSSR count). The van der Waals surface area contributed by atoms with Gasteiger partial charge in [-0.2, -0.15) is 0 Å². The normalized spacial score (nSPS) is 27.8. The zero-order valence-corrected chi connectivity index (χ0v) is 12.2. The van der Waals surface area contributed by atoms with Crippen molar-refractivity contribution in [1.82, 2.24) is 9.55 Å². The van der Waals surface area contributed by atoms with Gasteiger partial charge in [-0.1, -0.05) is 25.4 Å². The summed E-state index contributed by atoms with van der Waals surface area (Å²) in [7, 11) is 0. The topological polar surface area (TPSA) is 43.8 Å². The summed E-state index contributed by atoms with van der Waals surface area (Å²) in [5, 5.41) is 0.711. The molecule has 1 fully saturated rings. The number of fused-ring (bicyclic) bond motifs is 1. The number of benzene rings is 1. The Hall–Kier alpha value is -1.22. The number of hydrogen-bond donors (Lipinski definition) is 1. The predicted octanol–water partition coefficient (Wildman–Crippen LogP) is 4.27. The number of nitrogens with zero attached hydrogens (tertiary/aromatic N) is 2. The molecule has 0 saturated heterocycles. The van der Waals surface area contributed by atoms with Gasteiger partial charge in [0.15, 0.2) is 0 Å². The van der Waals surface area contributed by atoms with Crippen molar-refractivity contribution in [3.63, 3.8) is 0 Å².